The van der Waals surface area contributed by atoms with E-state index in [0.29, 0.717) is 41.6 Å². The zero-order valence-electron chi connectivity index (χ0n) is 24.1. The maximum absolute atomic E-state index is 13.9. The van der Waals surface area contributed by atoms with Crippen LogP contribution in [-0.4, -0.2) is 77.7 Å². The zero-order chi connectivity index (χ0) is 27.9. The molecule has 1 aromatic carbocycles. The fourth-order valence-corrected chi connectivity index (χ4v) is 9.54. The van der Waals surface area contributed by atoms with Crippen LogP contribution in [-0.2, 0) is 11.2 Å². The van der Waals surface area contributed by atoms with Crippen LogP contribution < -0.4 is 14.8 Å². The Kier molecular flexibility index (Phi) is 6.67. The van der Waals surface area contributed by atoms with Crippen LogP contribution in [0, 0.1) is 18.3 Å². The Hall–Kier alpha value is -1.64. The topological polar surface area (TPSA) is 71.1 Å². The van der Waals surface area contributed by atoms with Gasteiger partial charge in [0.15, 0.2) is 11.5 Å². The van der Waals surface area contributed by atoms with Gasteiger partial charge in [0.05, 0.1) is 16.5 Å². The molecule has 7 nitrogen and oxygen atoms in total. The molecule has 0 spiro atoms. The average Bonchev–Trinajstić information content (AvgIpc) is 3.30. The fourth-order valence-electron chi connectivity index (χ4n) is 8.21. The van der Waals surface area contributed by atoms with Gasteiger partial charge < -0.3 is 24.6 Å². The van der Waals surface area contributed by atoms with Crippen molar-refractivity contribution in [1.82, 2.24) is 15.1 Å². The first-order valence-electron chi connectivity index (χ1n) is 14.5. The maximum atomic E-state index is 13.9. The number of ether oxygens (including phenoxy) is 2. The summed E-state index contributed by atoms with van der Waals surface area (Å²) in [5.74, 6) is 0.168. The Balaban J connectivity index is 1.27. The van der Waals surface area contributed by atoms with Crippen molar-refractivity contribution in [2.75, 3.05) is 33.4 Å². The lowest BCUT2D eigenvalue weighted by Gasteiger charge is -2.59. The summed E-state index contributed by atoms with van der Waals surface area (Å²) in [6.45, 7) is 7.04. The van der Waals surface area contributed by atoms with Crippen LogP contribution in [0.1, 0.15) is 80.3 Å². The van der Waals surface area contributed by atoms with Crippen molar-refractivity contribution >= 4 is 35.2 Å². The summed E-state index contributed by atoms with van der Waals surface area (Å²) < 4.78 is 13.5. The van der Waals surface area contributed by atoms with Crippen LogP contribution >= 0.6 is 23.4 Å². The summed E-state index contributed by atoms with van der Waals surface area (Å²) >= 11 is 8.73. The Morgan fingerprint density at radius 3 is 2.36 bits per heavy atom. The summed E-state index contributed by atoms with van der Waals surface area (Å²) in [6, 6.07) is 0.158. The van der Waals surface area contributed by atoms with Crippen molar-refractivity contribution < 1.29 is 19.1 Å². The number of hydrogen-bond donors (Lipinski definition) is 1. The number of halogens is 1. The quantitative estimate of drug-likeness (QED) is 0.530. The number of rotatable bonds is 5. The van der Waals surface area contributed by atoms with E-state index < -0.39 is 5.79 Å². The standard InChI is InChI=1S/C30H42ClN3O4S/c1-17-15-21(39-6)20(26(35)32-17)16-34-14-7-19-22(27(34)36)18(2)24-25(23(19)31)38-28(3,37-24)29-8-11-30(12-9-29,13-10-29)33(4)5/h17,20-21H,7-16H2,1-6H3,(H,32,35). The van der Waals surface area contributed by atoms with Gasteiger partial charge in [-0.3, -0.25) is 9.59 Å². The normalized spacial score (nSPS) is 37.3. The summed E-state index contributed by atoms with van der Waals surface area (Å²) in [6.07, 6.45) is 10.2. The molecular weight excluding hydrogens is 534 g/mol. The van der Waals surface area contributed by atoms with E-state index in [1.54, 1.807) is 11.8 Å². The lowest BCUT2D eigenvalue weighted by molar-refractivity contribution is -0.211. The van der Waals surface area contributed by atoms with Crippen molar-refractivity contribution in [3.8, 4) is 11.5 Å². The molecule has 2 amide bonds. The molecular formula is C30H42ClN3O4S. The third kappa shape index (κ3) is 4.02. The van der Waals surface area contributed by atoms with E-state index in [4.69, 9.17) is 21.1 Å². The molecule has 0 aromatic heterocycles. The number of benzene rings is 1. The van der Waals surface area contributed by atoms with Gasteiger partial charge in [0.1, 0.15) is 0 Å². The van der Waals surface area contributed by atoms with Crippen molar-refractivity contribution in [1.29, 1.82) is 0 Å². The molecule has 1 N–H and O–H groups in total. The minimum Gasteiger partial charge on any atom is -0.448 e. The molecule has 3 aliphatic heterocycles. The highest BCUT2D eigenvalue weighted by atomic mass is 35.5. The van der Waals surface area contributed by atoms with E-state index in [2.05, 4.69) is 37.5 Å². The maximum Gasteiger partial charge on any atom is 0.254 e. The lowest BCUT2D eigenvalue weighted by atomic mass is 9.54. The highest BCUT2D eigenvalue weighted by Crippen LogP contribution is 2.63. The molecule has 4 atom stereocenters. The van der Waals surface area contributed by atoms with E-state index in [0.717, 1.165) is 56.1 Å². The van der Waals surface area contributed by atoms with Gasteiger partial charge in [0, 0.05) is 47.8 Å². The predicted molar refractivity (Wildman–Crippen MR) is 155 cm³/mol. The van der Waals surface area contributed by atoms with E-state index in [1.165, 1.54) is 0 Å². The minimum absolute atomic E-state index is 0.0420. The van der Waals surface area contributed by atoms with Gasteiger partial charge in [-0.25, -0.2) is 0 Å². The number of carbonyl (C=O) groups excluding carboxylic acids is 2. The second-order valence-corrected chi connectivity index (χ2v) is 14.5. The Morgan fingerprint density at radius 2 is 1.74 bits per heavy atom. The van der Waals surface area contributed by atoms with E-state index >= 15 is 0 Å². The molecule has 3 aliphatic carbocycles. The molecule has 9 heteroatoms. The van der Waals surface area contributed by atoms with Crippen molar-refractivity contribution in [3.05, 3.63) is 21.7 Å². The zero-order valence-corrected chi connectivity index (χ0v) is 25.7. The van der Waals surface area contributed by atoms with Crippen molar-refractivity contribution in [2.24, 2.45) is 11.3 Å². The van der Waals surface area contributed by atoms with Gasteiger partial charge in [-0.1, -0.05) is 11.6 Å². The van der Waals surface area contributed by atoms with Crippen LogP contribution in [0.5, 0.6) is 11.5 Å². The molecule has 3 saturated carbocycles. The van der Waals surface area contributed by atoms with Crippen LogP contribution in [0.15, 0.2) is 0 Å². The summed E-state index contributed by atoms with van der Waals surface area (Å²) in [5, 5.41) is 3.79. The third-order valence-electron chi connectivity index (χ3n) is 11.0. The van der Waals surface area contributed by atoms with Crippen LogP contribution in [0.3, 0.4) is 0 Å². The second kappa shape index (κ2) is 9.45. The number of fused-ring (bicyclic) bond motifs is 5. The number of thioether (sulfide) groups is 1. The number of carbonyl (C=O) groups is 2. The van der Waals surface area contributed by atoms with Gasteiger partial charge >= 0.3 is 0 Å². The lowest BCUT2D eigenvalue weighted by Crippen LogP contribution is -2.62. The van der Waals surface area contributed by atoms with Crippen molar-refractivity contribution in [2.45, 2.75) is 94.8 Å². The molecule has 6 aliphatic rings. The average molecular weight is 576 g/mol. The first kappa shape index (κ1) is 27.5. The molecule has 4 unspecified atom stereocenters. The van der Waals surface area contributed by atoms with Gasteiger partial charge in [-0.15, -0.1) is 0 Å². The van der Waals surface area contributed by atoms with E-state index in [9.17, 15) is 9.59 Å². The first-order chi connectivity index (χ1) is 18.4. The number of piperidine rings is 1. The third-order valence-corrected chi connectivity index (χ3v) is 12.5. The van der Waals surface area contributed by atoms with Gasteiger partial charge in [-0.2, -0.15) is 11.8 Å². The van der Waals surface area contributed by atoms with Gasteiger partial charge in [0.25, 0.3) is 11.7 Å². The molecule has 3 heterocycles. The van der Waals surface area contributed by atoms with Gasteiger partial charge in [-0.05, 0) is 91.1 Å². The molecule has 1 saturated heterocycles. The summed E-state index contributed by atoms with van der Waals surface area (Å²) in [5.41, 5.74) is 2.49. The van der Waals surface area contributed by atoms with Crippen LogP contribution in [0.25, 0.3) is 0 Å². The number of amides is 2. The van der Waals surface area contributed by atoms with E-state index in [1.807, 2.05) is 18.7 Å². The van der Waals surface area contributed by atoms with Crippen LogP contribution in [0.2, 0.25) is 5.02 Å². The predicted octanol–water partition coefficient (Wildman–Crippen LogP) is 5.04. The Bertz CT molecular complexity index is 1200. The second-order valence-electron chi connectivity index (χ2n) is 13.0. The number of hydrogen-bond acceptors (Lipinski definition) is 6. The smallest absolute Gasteiger partial charge is 0.254 e. The number of nitrogens with one attached hydrogen (secondary N) is 1. The Labute approximate surface area is 241 Å². The highest BCUT2D eigenvalue weighted by molar-refractivity contribution is 7.99. The highest BCUT2D eigenvalue weighted by Gasteiger charge is 2.63. The molecule has 1 aromatic rings. The molecule has 0 radical (unpaired) electrons. The summed E-state index contributed by atoms with van der Waals surface area (Å²) in [7, 11) is 4.41. The molecule has 214 valence electrons. The largest absolute Gasteiger partial charge is 0.448 e. The molecule has 39 heavy (non-hydrogen) atoms. The van der Waals surface area contributed by atoms with E-state index in [-0.39, 0.29) is 40.0 Å². The Morgan fingerprint density at radius 1 is 1.10 bits per heavy atom. The minimum atomic E-state index is -0.808. The van der Waals surface area contributed by atoms with Crippen LogP contribution in [0.4, 0.5) is 0 Å². The molecule has 2 bridgehead atoms. The SMILES string of the molecule is CSC1CC(C)NC(=O)C1CN1CCc2c(Cl)c3c(c(C)c2C1=O)OC(C)(C12CCC(N(C)C)(CC1)CC2)O3. The first-order valence-corrected chi connectivity index (χ1v) is 16.1. The van der Waals surface area contributed by atoms with Gasteiger partial charge in [0.2, 0.25) is 5.91 Å². The fraction of sp³-hybridized carbons (Fsp3) is 0.733. The monoisotopic (exact) mass is 575 g/mol. The molecule has 7 rings (SSSR count). The summed E-state index contributed by atoms with van der Waals surface area (Å²) in [4.78, 5) is 31.1. The number of nitrogens with zero attached hydrogens (tertiary/aromatic N) is 2. The molecule has 4 fully saturated rings. The van der Waals surface area contributed by atoms with Crippen molar-refractivity contribution in [3.63, 3.8) is 0 Å².